The molecule has 0 spiro atoms. The van der Waals surface area contributed by atoms with Gasteiger partial charge in [0.2, 0.25) is 0 Å². The molecule has 2 aliphatic carbocycles. The molecular formula is C18H38SiTi+2. The molecule has 0 saturated heterocycles. The summed E-state index contributed by atoms with van der Waals surface area (Å²) in [5, 5.41) is 0. The Hall–Kier alpha value is 0.671. The van der Waals surface area contributed by atoms with E-state index in [4.69, 9.17) is 6.58 Å². The predicted octanol–water partition coefficient (Wildman–Crippen LogP) is 6.98. The van der Waals surface area contributed by atoms with Crippen LogP contribution < -0.4 is 0 Å². The second-order valence-electron chi connectivity index (χ2n) is 7.17. The second kappa shape index (κ2) is 17.7. The van der Waals surface area contributed by atoms with Crippen molar-refractivity contribution < 1.29 is 21.7 Å². The summed E-state index contributed by atoms with van der Waals surface area (Å²) in [7, 11) is -0.861. The van der Waals surface area contributed by atoms with Gasteiger partial charge in [-0.15, -0.1) is 8.07 Å². The molecule has 0 radical (unpaired) electrons. The van der Waals surface area contributed by atoms with E-state index in [0.717, 1.165) is 5.57 Å². The van der Waals surface area contributed by atoms with Crippen LogP contribution in [0.2, 0.25) is 19.6 Å². The minimum absolute atomic E-state index is 0. The van der Waals surface area contributed by atoms with Crippen molar-refractivity contribution >= 4 is 8.07 Å². The smallest absolute Gasteiger partial charge is 0.515 e. The van der Waals surface area contributed by atoms with E-state index in [-0.39, 0.29) is 21.7 Å². The van der Waals surface area contributed by atoms with Crippen LogP contribution in [0.5, 0.6) is 0 Å². The first-order chi connectivity index (χ1) is 8.73. The molecule has 0 aliphatic heterocycles. The summed E-state index contributed by atoms with van der Waals surface area (Å²) in [6.07, 6.45) is 15.0. The van der Waals surface area contributed by atoms with Gasteiger partial charge < -0.3 is 13.1 Å². The maximum Gasteiger partial charge on any atom is 4.00 e. The van der Waals surface area contributed by atoms with E-state index in [0.29, 0.717) is 0 Å². The summed E-state index contributed by atoms with van der Waals surface area (Å²) in [5.74, 6) is 0. The van der Waals surface area contributed by atoms with Crippen molar-refractivity contribution in [2.24, 2.45) is 0 Å². The van der Waals surface area contributed by atoms with Crippen LogP contribution >= 0.6 is 0 Å². The molecule has 0 nitrogen and oxygen atoms in total. The summed E-state index contributed by atoms with van der Waals surface area (Å²) in [6, 6.07) is 0. The van der Waals surface area contributed by atoms with Crippen molar-refractivity contribution in [3.05, 3.63) is 18.7 Å². The van der Waals surface area contributed by atoms with Crippen LogP contribution in [0.4, 0.5) is 0 Å². The van der Waals surface area contributed by atoms with Gasteiger partial charge in [-0.3, -0.25) is 5.57 Å². The Labute approximate surface area is 146 Å². The molecule has 0 amide bonds. The third-order valence-electron chi connectivity index (χ3n) is 2.50. The average molecular weight is 330 g/mol. The molecule has 0 heterocycles. The Morgan fingerprint density at radius 1 is 0.700 bits per heavy atom. The Morgan fingerprint density at radius 2 is 0.750 bits per heavy atom. The van der Waals surface area contributed by atoms with E-state index in [2.05, 4.69) is 26.2 Å². The van der Waals surface area contributed by atoms with E-state index < -0.39 is 8.07 Å². The van der Waals surface area contributed by atoms with Gasteiger partial charge in [0.15, 0.2) is 0 Å². The Kier molecular flexibility index (Phi) is 22.7. The average Bonchev–Trinajstić information content (AvgIpc) is 2.94. The summed E-state index contributed by atoms with van der Waals surface area (Å²) >= 11 is 0. The summed E-state index contributed by atoms with van der Waals surface area (Å²) in [5.41, 5.74) is 0.917. The molecule has 2 saturated carbocycles. The molecule has 0 atom stereocenters. The molecule has 0 aromatic heterocycles. The van der Waals surface area contributed by atoms with Crippen molar-refractivity contribution in [2.45, 2.75) is 97.7 Å². The third kappa shape index (κ3) is 51.2. The summed E-state index contributed by atoms with van der Waals surface area (Å²) < 4.78 is 0. The number of allylic oxidation sites excluding steroid dienone is 1. The van der Waals surface area contributed by atoms with E-state index in [1.807, 2.05) is 13.8 Å². The molecule has 0 N–H and O–H groups in total. The van der Waals surface area contributed by atoms with Gasteiger partial charge in [0, 0.05) is 0 Å². The maximum absolute atomic E-state index is 5.03. The number of rotatable bonds is 0. The second-order valence-corrected chi connectivity index (χ2v) is 12.3. The minimum atomic E-state index is -0.861. The fraction of sp³-hybridized carbons (Fsp3) is 0.833. The number of hydrogen-bond acceptors (Lipinski definition) is 0. The van der Waals surface area contributed by atoms with E-state index in [1.54, 1.807) is 0 Å². The van der Waals surface area contributed by atoms with Crippen LogP contribution in [0.1, 0.15) is 78.1 Å². The normalized spacial score (nSPS) is 16.3. The molecule has 2 aliphatic rings. The Morgan fingerprint density at radius 3 is 0.800 bits per heavy atom. The van der Waals surface area contributed by atoms with Crippen LogP contribution in [-0.2, 0) is 21.7 Å². The molecule has 0 aromatic rings. The molecule has 116 valence electrons. The van der Waals surface area contributed by atoms with Gasteiger partial charge in [0.25, 0.3) is 0 Å². The van der Waals surface area contributed by atoms with Crippen molar-refractivity contribution in [2.75, 3.05) is 0 Å². The Bertz CT molecular complexity index is 151. The summed E-state index contributed by atoms with van der Waals surface area (Å²) in [4.78, 5) is 0. The topological polar surface area (TPSA) is 0 Å². The molecule has 0 unspecified atom stereocenters. The maximum atomic E-state index is 5.03. The molecule has 2 fully saturated rings. The zero-order chi connectivity index (χ0) is 15.1. The molecule has 0 aromatic carbocycles. The molecular weight excluding hydrogens is 292 g/mol. The van der Waals surface area contributed by atoms with Gasteiger partial charge in [-0.2, -0.15) is 0 Å². The third-order valence-corrected chi connectivity index (χ3v) is 2.50. The molecule has 0 bridgehead atoms. The van der Waals surface area contributed by atoms with Crippen LogP contribution in [0, 0.1) is 13.1 Å². The van der Waals surface area contributed by atoms with Gasteiger partial charge >= 0.3 is 21.7 Å². The largest absolute Gasteiger partial charge is 4.00 e. The van der Waals surface area contributed by atoms with Crippen molar-refractivity contribution in [1.29, 1.82) is 0 Å². The quantitative estimate of drug-likeness (QED) is 0.332. The van der Waals surface area contributed by atoms with Gasteiger partial charge in [-0.1, -0.05) is 97.7 Å². The van der Waals surface area contributed by atoms with Gasteiger partial charge in [-0.25, -0.2) is 0 Å². The van der Waals surface area contributed by atoms with Crippen LogP contribution in [-0.4, -0.2) is 8.07 Å². The van der Waals surface area contributed by atoms with Crippen molar-refractivity contribution in [3.63, 3.8) is 0 Å². The Balaban J connectivity index is -0.000000191. The minimum Gasteiger partial charge on any atom is -0.515 e. The zero-order valence-corrected chi connectivity index (χ0v) is 17.4. The first kappa shape index (κ1) is 25.6. The molecule has 2 heteroatoms. The van der Waals surface area contributed by atoms with Gasteiger partial charge in [0.1, 0.15) is 0 Å². The predicted molar refractivity (Wildman–Crippen MR) is 94.0 cm³/mol. The van der Waals surface area contributed by atoms with Crippen LogP contribution in [0.3, 0.4) is 0 Å². The van der Waals surface area contributed by atoms with E-state index >= 15 is 0 Å². The van der Waals surface area contributed by atoms with Gasteiger partial charge in [0.05, 0.1) is 0 Å². The zero-order valence-electron chi connectivity index (χ0n) is 14.9. The first-order valence-electron chi connectivity index (χ1n) is 8.14. The standard InChI is InChI=1S/2C5H10.C4H11Si.C4H7.Ti/c2*1-2-4-5-3-1;1-5(2,3)4;1-4(2)3;/h2*1-5H2;1H2,2-4H3;1H,2-3H3;/q;;2*-1;+4. The fourth-order valence-electron chi connectivity index (χ4n) is 1.77. The first-order valence-corrected chi connectivity index (χ1v) is 11.8. The molecule has 2 rings (SSSR count). The molecule has 20 heavy (non-hydrogen) atoms. The SMILES string of the molecule is C1CCCC1.C1CCCC1.[CH-]=C(C)C.[CH2-][Si](C)(C)C.[Ti+4]. The van der Waals surface area contributed by atoms with Crippen LogP contribution in [0.15, 0.2) is 5.57 Å². The van der Waals surface area contributed by atoms with Crippen molar-refractivity contribution in [1.82, 2.24) is 0 Å². The summed E-state index contributed by atoms with van der Waals surface area (Å²) in [6.45, 7) is 19.3. The van der Waals surface area contributed by atoms with Gasteiger partial charge in [-0.05, 0) is 0 Å². The number of hydrogen-bond donors (Lipinski definition) is 0. The van der Waals surface area contributed by atoms with Crippen LogP contribution in [0.25, 0.3) is 0 Å². The fourth-order valence-corrected chi connectivity index (χ4v) is 1.77. The monoisotopic (exact) mass is 330 g/mol. The van der Waals surface area contributed by atoms with E-state index in [9.17, 15) is 0 Å². The van der Waals surface area contributed by atoms with E-state index in [1.165, 1.54) is 64.2 Å². The van der Waals surface area contributed by atoms with Crippen molar-refractivity contribution in [3.8, 4) is 0 Å².